The highest BCUT2D eigenvalue weighted by Gasteiger charge is 2.44. The fourth-order valence-electron chi connectivity index (χ4n) is 4.63. The quantitative estimate of drug-likeness (QED) is 0.827. The molecule has 6 nitrogen and oxygen atoms in total. The van der Waals surface area contributed by atoms with E-state index in [4.69, 9.17) is 4.74 Å². The van der Waals surface area contributed by atoms with E-state index in [2.05, 4.69) is 16.7 Å². The first-order valence-corrected chi connectivity index (χ1v) is 11.1. The topological polar surface area (TPSA) is 70.7 Å². The highest BCUT2D eigenvalue weighted by molar-refractivity contribution is 7.14. The van der Waals surface area contributed by atoms with E-state index >= 15 is 0 Å². The van der Waals surface area contributed by atoms with Gasteiger partial charge < -0.3 is 20.3 Å². The number of amides is 2. The molecule has 3 aliphatic heterocycles. The number of hydrogen-bond acceptors (Lipinski definition) is 5. The van der Waals surface area contributed by atoms with Crippen LogP contribution < -0.4 is 10.6 Å². The molecule has 1 atom stereocenters. The van der Waals surface area contributed by atoms with Crippen molar-refractivity contribution in [2.24, 2.45) is 0 Å². The average molecular weight is 390 g/mol. The second kappa shape index (κ2) is 6.87. The molecule has 7 heteroatoms. The molecule has 5 rings (SSSR count). The molecule has 1 unspecified atom stereocenters. The minimum atomic E-state index is -0.317. The lowest BCUT2D eigenvalue weighted by atomic mass is 9.82. The fraction of sp³-hybridized carbons (Fsp3) is 0.700. The van der Waals surface area contributed by atoms with Crippen LogP contribution in [0.5, 0.6) is 0 Å². The molecule has 1 saturated carbocycles. The van der Waals surface area contributed by atoms with Gasteiger partial charge in [-0.05, 0) is 56.7 Å². The molecule has 1 aromatic heterocycles. The van der Waals surface area contributed by atoms with Gasteiger partial charge >= 0.3 is 0 Å². The zero-order valence-electron chi connectivity index (χ0n) is 15.6. The molecule has 1 spiro atoms. The first-order valence-electron chi connectivity index (χ1n) is 10.2. The zero-order valence-corrected chi connectivity index (χ0v) is 16.4. The lowest BCUT2D eigenvalue weighted by molar-refractivity contribution is -0.142. The number of carbonyl (C=O) groups is 2. The SMILES string of the molecule is O=C(NC1CC1)c1cc2c(s1)CCOC21CCN(C(=O)C2CCCN2)CC1. The van der Waals surface area contributed by atoms with Gasteiger partial charge in [0.25, 0.3) is 5.91 Å². The molecule has 0 bridgehead atoms. The molecule has 27 heavy (non-hydrogen) atoms. The molecule has 1 aromatic rings. The van der Waals surface area contributed by atoms with Crippen LogP contribution in [0.2, 0.25) is 0 Å². The number of rotatable bonds is 3. The minimum Gasteiger partial charge on any atom is -0.370 e. The van der Waals surface area contributed by atoms with Gasteiger partial charge in [-0.3, -0.25) is 9.59 Å². The van der Waals surface area contributed by atoms with Crippen molar-refractivity contribution in [3.05, 3.63) is 21.4 Å². The Hall–Kier alpha value is -1.44. The summed E-state index contributed by atoms with van der Waals surface area (Å²) in [6.45, 7) is 3.11. The van der Waals surface area contributed by atoms with Gasteiger partial charge in [-0.2, -0.15) is 0 Å². The Morgan fingerprint density at radius 3 is 2.78 bits per heavy atom. The van der Waals surface area contributed by atoms with Crippen LogP contribution in [-0.2, 0) is 21.6 Å². The van der Waals surface area contributed by atoms with Gasteiger partial charge in [0.1, 0.15) is 0 Å². The fourth-order valence-corrected chi connectivity index (χ4v) is 5.76. The van der Waals surface area contributed by atoms with E-state index in [0.717, 1.165) is 69.5 Å². The van der Waals surface area contributed by atoms with Crippen molar-refractivity contribution in [2.75, 3.05) is 26.2 Å². The van der Waals surface area contributed by atoms with Crippen LogP contribution in [0.1, 0.15) is 58.6 Å². The van der Waals surface area contributed by atoms with Crippen LogP contribution in [0.25, 0.3) is 0 Å². The molecule has 0 radical (unpaired) electrons. The maximum Gasteiger partial charge on any atom is 0.261 e. The van der Waals surface area contributed by atoms with Gasteiger partial charge in [-0.15, -0.1) is 11.3 Å². The Labute approximate surface area is 163 Å². The molecular formula is C20H27N3O3S. The first kappa shape index (κ1) is 17.6. The molecule has 2 amide bonds. The van der Waals surface area contributed by atoms with Crippen molar-refractivity contribution < 1.29 is 14.3 Å². The lowest BCUT2D eigenvalue weighted by Crippen LogP contribution is -2.51. The number of piperidine rings is 1. The predicted octanol–water partition coefficient (Wildman–Crippen LogP) is 1.78. The number of fused-ring (bicyclic) bond motifs is 2. The Morgan fingerprint density at radius 2 is 2.07 bits per heavy atom. The number of hydrogen-bond donors (Lipinski definition) is 2. The van der Waals surface area contributed by atoms with E-state index in [0.29, 0.717) is 12.6 Å². The molecule has 2 saturated heterocycles. The summed E-state index contributed by atoms with van der Waals surface area (Å²) in [5.74, 6) is 0.306. The average Bonchev–Trinajstić information content (AvgIpc) is 3.16. The lowest BCUT2D eigenvalue weighted by Gasteiger charge is -2.44. The summed E-state index contributed by atoms with van der Waals surface area (Å²) in [7, 11) is 0. The van der Waals surface area contributed by atoms with Gasteiger partial charge in [0, 0.05) is 30.4 Å². The summed E-state index contributed by atoms with van der Waals surface area (Å²) in [6, 6.07) is 2.44. The number of ether oxygens (including phenoxy) is 1. The highest BCUT2D eigenvalue weighted by Crippen LogP contribution is 2.44. The molecular weight excluding hydrogens is 362 g/mol. The number of nitrogens with zero attached hydrogens (tertiary/aromatic N) is 1. The number of nitrogens with one attached hydrogen (secondary N) is 2. The summed E-state index contributed by atoms with van der Waals surface area (Å²) in [6.07, 6.45) is 6.75. The third-order valence-electron chi connectivity index (χ3n) is 6.38. The number of carbonyl (C=O) groups excluding carboxylic acids is 2. The Bertz CT molecular complexity index is 744. The van der Waals surface area contributed by atoms with Gasteiger partial charge in [0.05, 0.1) is 23.1 Å². The van der Waals surface area contributed by atoms with Crippen LogP contribution in [0, 0.1) is 0 Å². The summed E-state index contributed by atoms with van der Waals surface area (Å²) in [4.78, 5) is 29.3. The minimum absolute atomic E-state index is 0.000699. The van der Waals surface area contributed by atoms with Crippen LogP contribution in [0.3, 0.4) is 0 Å². The highest BCUT2D eigenvalue weighted by atomic mass is 32.1. The molecule has 1 aliphatic carbocycles. The maximum absolute atomic E-state index is 12.7. The van der Waals surface area contributed by atoms with E-state index < -0.39 is 0 Å². The Kier molecular flexibility index (Phi) is 4.49. The van der Waals surface area contributed by atoms with E-state index in [1.165, 1.54) is 10.4 Å². The molecule has 2 N–H and O–H groups in total. The van der Waals surface area contributed by atoms with Crippen molar-refractivity contribution in [1.82, 2.24) is 15.5 Å². The van der Waals surface area contributed by atoms with Crippen molar-refractivity contribution >= 4 is 23.2 Å². The predicted molar refractivity (Wildman–Crippen MR) is 103 cm³/mol. The zero-order chi connectivity index (χ0) is 18.4. The van der Waals surface area contributed by atoms with E-state index in [9.17, 15) is 9.59 Å². The van der Waals surface area contributed by atoms with E-state index in [1.807, 2.05) is 4.90 Å². The first-order chi connectivity index (χ1) is 13.1. The van der Waals surface area contributed by atoms with Crippen LogP contribution in [0.15, 0.2) is 6.07 Å². The third kappa shape index (κ3) is 3.30. The normalized spacial score (nSPS) is 26.8. The van der Waals surface area contributed by atoms with Crippen LogP contribution in [0.4, 0.5) is 0 Å². The van der Waals surface area contributed by atoms with Gasteiger partial charge in [0.2, 0.25) is 5.91 Å². The summed E-state index contributed by atoms with van der Waals surface area (Å²) in [5, 5.41) is 6.41. The van der Waals surface area contributed by atoms with E-state index in [1.54, 1.807) is 11.3 Å². The monoisotopic (exact) mass is 389 g/mol. The van der Waals surface area contributed by atoms with Crippen molar-refractivity contribution in [2.45, 2.75) is 62.6 Å². The standard InChI is InChI=1S/C20H27N3O3S/c24-18(22-13-3-4-13)17-12-14-16(27-17)5-11-26-20(14)6-9-23(10-7-20)19(25)15-2-1-8-21-15/h12-13,15,21H,1-11H2,(H,22,24). The summed E-state index contributed by atoms with van der Waals surface area (Å²) in [5.41, 5.74) is 0.882. The molecule has 3 fully saturated rings. The van der Waals surface area contributed by atoms with Crippen LogP contribution in [-0.4, -0.2) is 55.0 Å². The van der Waals surface area contributed by atoms with Gasteiger partial charge in [-0.25, -0.2) is 0 Å². The van der Waals surface area contributed by atoms with E-state index in [-0.39, 0.29) is 23.5 Å². The molecule has 0 aromatic carbocycles. The number of thiophene rings is 1. The van der Waals surface area contributed by atoms with Gasteiger partial charge in [-0.1, -0.05) is 0 Å². The Balaban J connectivity index is 1.31. The van der Waals surface area contributed by atoms with Crippen LogP contribution >= 0.6 is 11.3 Å². The van der Waals surface area contributed by atoms with Crippen molar-refractivity contribution in [1.29, 1.82) is 0 Å². The number of likely N-dealkylation sites (tertiary alicyclic amines) is 1. The molecule has 4 heterocycles. The second-order valence-electron chi connectivity index (χ2n) is 8.26. The van der Waals surface area contributed by atoms with Crippen molar-refractivity contribution in [3.63, 3.8) is 0 Å². The maximum atomic E-state index is 12.7. The summed E-state index contributed by atoms with van der Waals surface area (Å²) < 4.78 is 6.29. The van der Waals surface area contributed by atoms with Crippen molar-refractivity contribution in [3.8, 4) is 0 Å². The van der Waals surface area contributed by atoms with Gasteiger partial charge in [0.15, 0.2) is 0 Å². The molecule has 4 aliphatic rings. The summed E-state index contributed by atoms with van der Waals surface area (Å²) >= 11 is 1.63. The largest absolute Gasteiger partial charge is 0.370 e. The third-order valence-corrected chi connectivity index (χ3v) is 7.58. The Morgan fingerprint density at radius 1 is 1.26 bits per heavy atom. The second-order valence-corrected chi connectivity index (χ2v) is 9.40. The molecule has 146 valence electrons. The smallest absolute Gasteiger partial charge is 0.261 e.